The third-order valence-corrected chi connectivity index (χ3v) is 4.11. The van der Waals surface area contributed by atoms with E-state index >= 15 is 0 Å². The second-order valence-electron chi connectivity index (χ2n) is 7.70. The number of hydrogen-bond donors (Lipinski definition) is 1. The predicted molar refractivity (Wildman–Crippen MR) is 80.7 cm³/mol. The van der Waals surface area contributed by atoms with Crippen molar-refractivity contribution in [2.24, 2.45) is 17.1 Å². The quantitative estimate of drug-likeness (QED) is 0.811. The minimum absolute atomic E-state index is 0.240. The molecule has 2 atom stereocenters. The zero-order chi connectivity index (χ0) is 13.9. The molecule has 0 aromatic carbocycles. The van der Waals surface area contributed by atoms with Gasteiger partial charge in [-0.05, 0) is 31.1 Å². The molecule has 1 saturated carbocycles. The van der Waals surface area contributed by atoms with E-state index in [-0.39, 0.29) is 11.5 Å². The van der Waals surface area contributed by atoms with E-state index in [9.17, 15) is 0 Å². The molecule has 0 aromatic rings. The Morgan fingerprint density at radius 3 is 1.94 bits per heavy atom. The number of nitrogens with zero attached hydrogens (tertiary/aromatic N) is 1. The summed E-state index contributed by atoms with van der Waals surface area (Å²) in [4.78, 5) is 2.74. The van der Waals surface area contributed by atoms with Gasteiger partial charge in [0.15, 0.2) is 0 Å². The monoisotopic (exact) mass is 254 g/mol. The van der Waals surface area contributed by atoms with Gasteiger partial charge in [0.1, 0.15) is 0 Å². The van der Waals surface area contributed by atoms with Gasteiger partial charge in [0.2, 0.25) is 0 Å². The summed E-state index contributed by atoms with van der Waals surface area (Å²) in [7, 11) is 0. The van der Waals surface area contributed by atoms with Gasteiger partial charge < -0.3 is 5.73 Å². The Bertz CT molecular complexity index is 234. The van der Waals surface area contributed by atoms with Crippen LogP contribution in [0.3, 0.4) is 0 Å². The first kappa shape index (κ1) is 16.0. The van der Waals surface area contributed by atoms with Crippen molar-refractivity contribution in [2.45, 2.75) is 85.4 Å². The fourth-order valence-electron chi connectivity index (χ4n) is 3.74. The van der Waals surface area contributed by atoms with E-state index < -0.39 is 0 Å². The lowest BCUT2D eigenvalue weighted by Gasteiger charge is -2.46. The summed E-state index contributed by atoms with van der Waals surface area (Å²) in [6.45, 7) is 15.0. The molecule has 2 N–H and O–H groups in total. The third kappa shape index (κ3) is 4.24. The van der Waals surface area contributed by atoms with Crippen molar-refractivity contribution < 1.29 is 0 Å². The molecule has 2 unspecified atom stereocenters. The molecule has 2 nitrogen and oxygen atoms in total. The van der Waals surface area contributed by atoms with Gasteiger partial charge in [0.25, 0.3) is 0 Å². The van der Waals surface area contributed by atoms with Crippen LogP contribution in [-0.2, 0) is 0 Å². The lowest BCUT2D eigenvalue weighted by molar-refractivity contribution is 0.0358. The van der Waals surface area contributed by atoms with Gasteiger partial charge in [-0.15, -0.1) is 0 Å². The maximum atomic E-state index is 6.33. The van der Waals surface area contributed by atoms with Crippen molar-refractivity contribution in [3.63, 3.8) is 0 Å². The Labute approximate surface area is 114 Å². The summed E-state index contributed by atoms with van der Waals surface area (Å²) >= 11 is 0. The van der Waals surface area contributed by atoms with Gasteiger partial charge in [0.05, 0.1) is 0 Å². The van der Waals surface area contributed by atoms with Gasteiger partial charge in [-0.2, -0.15) is 0 Å². The Kier molecular flexibility index (Phi) is 5.67. The molecule has 0 saturated heterocycles. The molecular formula is C16H34N2. The molecule has 18 heavy (non-hydrogen) atoms. The Morgan fingerprint density at radius 1 is 1.11 bits per heavy atom. The summed E-state index contributed by atoms with van der Waals surface area (Å²) in [5.74, 6) is 0.717. The number of hydrogen-bond acceptors (Lipinski definition) is 2. The largest absolute Gasteiger partial charge is 0.327 e. The molecule has 1 rings (SSSR count). The molecule has 1 aliphatic carbocycles. The van der Waals surface area contributed by atoms with E-state index in [1.165, 1.54) is 32.2 Å². The van der Waals surface area contributed by atoms with Crippen LogP contribution in [-0.4, -0.2) is 29.6 Å². The van der Waals surface area contributed by atoms with Gasteiger partial charge in [0, 0.05) is 24.7 Å². The topological polar surface area (TPSA) is 29.3 Å². The van der Waals surface area contributed by atoms with Crippen LogP contribution < -0.4 is 5.73 Å². The molecule has 1 aliphatic rings. The molecule has 1 fully saturated rings. The molecule has 0 amide bonds. The fourth-order valence-corrected chi connectivity index (χ4v) is 3.74. The van der Waals surface area contributed by atoms with E-state index in [0.29, 0.717) is 12.0 Å². The Balaban J connectivity index is 2.90. The maximum Gasteiger partial charge on any atom is 0.0295 e. The van der Waals surface area contributed by atoms with Crippen LogP contribution in [0.4, 0.5) is 0 Å². The summed E-state index contributed by atoms with van der Waals surface area (Å²) in [6.07, 6.45) is 5.53. The van der Waals surface area contributed by atoms with E-state index in [4.69, 9.17) is 5.73 Å². The van der Waals surface area contributed by atoms with Gasteiger partial charge in [-0.25, -0.2) is 0 Å². The van der Waals surface area contributed by atoms with Gasteiger partial charge in [-0.3, -0.25) is 4.90 Å². The first-order chi connectivity index (χ1) is 8.23. The summed E-state index contributed by atoms with van der Waals surface area (Å²) < 4.78 is 0. The second kappa shape index (κ2) is 6.38. The average Bonchev–Trinajstić information content (AvgIpc) is 2.64. The molecule has 2 heteroatoms. The number of rotatable bonds is 5. The van der Waals surface area contributed by atoms with Crippen LogP contribution in [0, 0.1) is 11.3 Å². The normalized spacial score (nSPS) is 21.8. The van der Waals surface area contributed by atoms with Crippen molar-refractivity contribution in [2.75, 3.05) is 6.54 Å². The van der Waals surface area contributed by atoms with Crippen LogP contribution in [0.2, 0.25) is 0 Å². The SMILES string of the molecule is CC(C)CN(C1CCCC1)C(C(C)N)C(C)(C)C. The smallest absolute Gasteiger partial charge is 0.0295 e. The van der Waals surface area contributed by atoms with E-state index in [1.807, 2.05) is 0 Å². The molecule has 0 radical (unpaired) electrons. The van der Waals surface area contributed by atoms with Crippen molar-refractivity contribution in [3.05, 3.63) is 0 Å². The fraction of sp³-hybridized carbons (Fsp3) is 1.00. The minimum atomic E-state index is 0.240. The zero-order valence-electron chi connectivity index (χ0n) is 13.4. The highest BCUT2D eigenvalue weighted by molar-refractivity contribution is 4.93. The van der Waals surface area contributed by atoms with Crippen LogP contribution in [0.25, 0.3) is 0 Å². The molecular weight excluding hydrogens is 220 g/mol. The first-order valence-electron chi connectivity index (χ1n) is 7.74. The molecule has 0 aromatic heterocycles. The Morgan fingerprint density at radius 2 is 1.61 bits per heavy atom. The van der Waals surface area contributed by atoms with E-state index in [2.05, 4.69) is 46.4 Å². The summed E-state index contributed by atoms with van der Waals surface area (Å²) in [5, 5.41) is 0. The van der Waals surface area contributed by atoms with Crippen LogP contribution in [0.5, 0.6) is 0 Å². The maximum absolute atomic E-state index is 6.33. The third-order valence-electron chi connectivity index (χ3n) is 4.11. The van der Waals surface area contributed by atoms with Gasteiger partial charge in [-0.1, -0.05) is 47.5 Å². The lowest BCUT2D eigenvalue weighted by atomic mass is 9.80. The highest BCUT2D eigenvalue weighted by atomic mass is 15.2. The van der Waals surface area contributed by atoms with E-state index in [0.717, 1.165) is 6.04 Å². The van der Waals surface area contributed by atoms with E-state index in [1.54, 1.807) is 0 Å². The van der Waals surface area contributed by atoms with Crippen LogP contribution in [0.15, 0.2) is 0 Å². The molecule has 0 spiro atoms. The van der Waals surface area contributed by atoms with Crippen molar-refractivity contribution >= 4 is 0 Å². The number of nitrogens with two attached hydrogens (primary N) is 1. The zero-order valence-corrected chi connectivity index (χ0v) is 13.4. The van der Waals surface area contributed by atoms with Crippen LogP contribution >= 0.6 is 0 Å². The summed E-state index contributed by atoms with van der Waals surface area (Å²) in [6, 6.07) is 1.50. The minimum Gasteiger partial charge on any atom is -0.327 e. The lowest BCUT2D eigenvalue weighted by Crippen LogP contribution is -2.57. The molecule has 0 aliphatic heterocycles. The van der Waals surface area contributed by atoms with Crippen molar-refractivity contribution in [1.29, 1.82) is 0 Å². The average molecular weight is 254 g/mol. The Hall–Kier alpha value is -0.0800. The first-order valence-corrected chi connectivity index (χ1v) is 7.74. The highest BCUT2D eigenvalue weighted by Gasteiger charge is 2.37. The standard InChI is InChI=1S/C16H34N2/c1-12(2)11-18(14-9-7-8-10-14)15(13(3)17)16(4,5)6/h12-15H,7-11,17H2,1-6H3. The molecule has 0 bridgehead atoms. The molecule has 0 heterocycles. The van der Waals surface area contributed by atoms with Gasteiger partial charge >= 0.3 is 0 Å². The van der Waals surface area contributed by atoms with Crippen LogP contribution in [0.1, 0.15) is 67.2 Å². The van der Waals surface area contributed by atoms with Crippen molar-refractivity contribution in [1.82, 2.24) is 4.90 Å². The molecule has 108 valence electrons. The second-order valence-corrected chi connectivity index (χ2v) is 7.70. The van der Waals surface area contributed by atoms with Crippen molar-refractivity contribution in [3.8, 4) is 0 Å². The highest BCUT2D eigenvalue weighted by Crippen LogP contribution is 2.33. The summed E-state index contributed by atoms with van der Waals surface area (Å²) in [5.41, 5.74) is 6.58. The predicted octanol–water partition coefficient (Wildman–Crippen LogP) is 3.65.